The average molecular weight is 760 g/mol. The molecule has 4 nitrogen and oxygen atoms in total. The molecule has 0 spiro atoms. The van der Waals surface area contributed by atoms with Crippen LogP contribution in [0.15, 0.2) is 191 Å². The number of benzene rings is 8. The molecule has 0 amide bonds. The van der Waals surface area contributed by atoms with Gasteiger partial charge in [-0.1, -0.05) is 141 Å². The van der Waals surface area contributed by atoms with Gasteiger partial charge in [0.15, 0.2) is 0 Å². The maximum Gasteiger partial charge on any atom is 0.135 e. The lowest BCUT2D eigenvalue weighted by molar-refractivity contribution is 0.490. The molecule has 1 aliphatic carbocycles. The van der Waals surface area contributed by atoms with Gasteiger partial charge in [0.05, 0.1) is 23.1 Å². The van der Waals surface area contributed by atoms with Gasteiger partial charge < -0.3 is 14.3 Å². The van der Waals surface area contributed by atoms with Crippen molar-refractivity contribution in [2.75, 3.05) is 0 Å². The summed E-state index contributed by atoms with van der Waals surface area (Å²) in [6.07, 6.45) is 0.884. The van der Waals surface area contributed by atoms with Crippen LogP contribution in [0, 0.1) is 0 Å². The molecule has 2 aliphatic rings. The number of furan rings is 1. The Morgan fingerprint density at radius 2 is 1.20 bits per heavy atom. The SMILES string of the molecule is CC1(C)c2cc(-c3ccc4c(c3)c3ccccc3n4-c3ccc(C4CC(c5ccccc5)N=C(c5ccccc5)N4)cc3)ccc2-c2cc3c(cc21)oc1ccccc13. The van der Waals surface area contributed by atoms with Crippen LogP contribution >= 0.6 is 0 Å². The Kier molecular flexibility index (Phi) is 7.43. The van der Waals surface area contributed by atoms with E-state index >= 15 is 0 Å². The molecule has 1 aliphatic heterocycles. The Bertz CT molecular complexity index is 3300. The van der Waals surface area contributed by atoms with Crippen LogP contribution in [0.5, 0.6) is 0 Å². The van der Waals surface area contributed by atoms with Crippen molar-refractivity contribution in [3.8, 4) is 27.9 Å². The number of amidine groups is 1. The van der Waals surface area contributed by atoms with Gasteiger partial charge in [0.2, 0.25) is 0 Å². The van der Waals surface area contributed by atoms with Crippen molar-refractivity contribution in [2.45, 2.75) is 37.8 Å². The Balaban J connectivity index is 0.901. The molecule has 0 fully saturated rings. The average Bonchev–Trinajstić information content (AvgIpc) is 3.90. The van der Waals surface area contributed by atoms with Gasteiger partial charge in [-0.25, -0.2) is 0 Å². The Morgan fingerprint density at radius 1 is 0.525 bits per heavy atom. The summed E-state index contributed by atoms with van der Waals surface area (Å²) in [5.74, 6) is 0.943. The van der Waals surface area contributed by atoms with Crippen LogP contribution in [0.1, 0.15) is 60.2 Å². The summed E-state index contributed by atoms with van der Waals surface area (Å²) in [4.78, 5) is 5.20. The molecule has 8 aromatic carbocycles. The van der Waals surface area contributed by atoms with Gasteiger partial charge >= 0.3 is 0 Å². The van der Waals surface area contributed by atoms with Crippen molar-refractivity contribution in [2.24, 2.45) is 4.99 Å². The molecular weight excluding hydrogens is 719 g/mol. The molecule has 0 saturated carbocycles. The third-order valence-corrected chi connectivity index (χ3v) is 13.0. The van der Waals surface area contributed by atoms with Crippen LogP contribution in [0.4, 0.5) is 0 Å². The Morgan fingerprint density at radius 3 is 2.03 bits per heavy atom. The number of nitrogens with zero attached hydrogens (tertiary/aromatic N) is 2. The minimum Gasteiger partial charge on any atom is -0.456 e. The molecule has 0 radical (unpaired) electrons. The molecule has 2 atom stereocenters. The first-order chi connectivity index (χ1) is 29.0. The van der Waals surface area contributed by atoms with E-state index in [2.05, 4.69) is 200 Å². The van der Waals surface area contributed by atoms with E-state index < -0.39 is 0 Å². The van der Waals surface area contributed by atoms with Crippen LogP contribution in [0.2, 0.25) is 0 Å². The number of aliphatic imine (C=N–C) groups is 1. The highest BCUT2D eigenvalue weighted by atomic mass is 16.3. The summed E-state index contributed by atoms with van der Waals surface area (Å²) in [7, 11) is 0. The van der Waals surface area contributed by atoms with Gasteiger partial charge in [0.1, 0.15) is 17.0 Å². The fourth-order valence-corrected chi connectivity index (χ4v) is 9.97. The second-order valence-corrected chi connectivity index (χ2v) is 16.8. The number of hydrogen-bond acceptors (Lipinski definition) is 3. The fraction of sp³-hybridized carbons (Fsp3) is 0.109. The third kappa shape index (κ3) is 5.33. The number of para-hydroxylation sites is 2. The van der Waals surface area contributed by atoms with Gasteiger partial charge in [-0.2, -0.15) is 0 Å². The molecule has 2 aromatic heterocycles. The van der Waals surface area contributed by atoms with Crippen LogP contribution in [0.3, 0.4) is 0 Å². The molecule has 2 unspecified atom stereocenters. The lowest BCUT2D eigenvalue weighted by Gasteiger charge is -2.31. The van der Waals surface area contributed by atoms with Crippen molar-refractivity contribution in [1.82, 2.24) is 9.88 Å². The first-order valence-electron chi connectivity index (χ1n) is 20.7. The van der Waals surface area contributed by atoms with E-state index in [9.17, 15) is 0 Å². The molecule has 4 heteroatoms. The van der Waals surface area contributed by atoms with E-state index in [-0.39, 0.29) is 17.5 Å². The summed E-state index contributed by atoms with van der Waals surface area (Å²) in [5, 5.41) is 8.65. The third-order valence-electron chi connectivity index (χ3n) is 13.0. The van der Waals surface area contributed by atoms with Crippen molar-refractivity contribution in [3.05, 3.63) is 210 Å². The predicted molar refractivity (Wildman–Crippen MR) is 244 cm³/mol. The zero-order valence-electron chi connectivity index (χ0n) is 33.0. The summed E-state index contributed by atoms with van der Waals surface area (Å²) in [6, 6.07) is 66.3. The molecular formula is C55H41N3O. The molecule has 0 bridgehead atoms. The van der Waals surface area contributed by atoms with E-state index in [1.54, 1.807) is 0 Å². The maximum absolute atomic E-state index is 6.34. The molecule has 282 valence electrons. The minimum atomic E-state index is -0.161. The van der Waals surface area contributed by atoms with Crippen molar-refractivity contribution < 1.29 is 4.42 Å². The maximum atomic E-state index is 6.34. The molecule has 0 saturated heterocycles. The van der Waals surface area contributed by atoms with Gasteiger partial charge in [-0.15, -0.1) is 0 Å². The van der Waals surface area contributed by atoms with Crippen LogP contribution in [-0.2, 0) is 5.41 Å². The second kappa shape index (κ2) is 12.9. The predicted octanol–water partition coefficient (Wildman–Crippen LogP) is 13.9. The highest BCUT2D eigenvalue weighted by Gasteiger charge is 2.37. The smallest absolute Gasteiger partial charge is 0.135 e. The van der Waals surface area contributed by atoms with Crippen molar-refractivity contribution >= 4 is 49.6 Å². The van der Waals surface area contributed by atoms with E-state index in [1.165, 1.54) is 77.1 Å². The highest BCUT2D eigenvalue weighted by Crippen LogP contribution is 2.52. The van der Waals surface area contributed by atoms with E-state index in [1.807, 2.05) is 6.07 Å². The largest absolute Gasteiger partial charge is 0.456 e. The van der Waals surface area contributed by atoms with Gasteiger partial charge in [0, 0.05) is 38.2 Å². The van der Waals surface area contributed by atoms with Gasteiger partial charge in [0.25, 0.3) is 0 Å². The Hall–Kier alpha value is -7.17. The van der Waals surface area contributed by atoms with Gasteiger partial charge in [-0.3, -0.25) is 4.99 Å². The molecule has 12 rings (SSSR count). The van der Waals surface area contributed by atoms with E-state index in [0.29, 0.717) is 0 Å². The highest BCUT2D eigenvalue weighted by molar-refractivity contribution is 6.11. The zero-order chi connectivity index (χ0) is 39.2. The number of aromatic nitrogens is 1. The summed E-state index contributed by atoms with van der Waals surface area (Å²) < 4.78 is 8.75. The van der Waals surface area contributed by atoms with Gasteiger partial charge in [-0.05, 0) is 106 Å². The molecule has 10 aromatic rings. The Labute approximate surface area is 343 Å². The number of nitrogens with one attached hydrogen (secondary N) is 1. The summed E-state index contributed by atoms with van der Waals surface area (Å²) in [6.45, 7) is 4.69. The quantitative estimate of drug-likeness (QED) is 0.190. The monoisotopic (exact) mass is 759 g/mol. The van der Waals surface area contributed by atoms with Crippen molar-refractivity contribution in [1.29, 1.82) is 0 Å². The normalized spacial score (nSPS) is 16.9. The van der Waals surface area contributed by atoms with Crippen LogP contribution in [-0.4, -0.2) is 10.4 Å². The minimum absolute atomic E-state index is 0.0735. The fourth-order valence-electron chi connectivity index (χ4n) is 9.97. The lowest BCUT2D eigenvalue weighted by Crippen LogP contribution is -2.34. The second-order valence-electron chi connectivity index (χ2n) is 16.8. The number of hydrogen-bond donors (Lipinski definition) is 1. The number of rotatable bonds is 5. The van der Waals surface area contributed by atoms with Crippen LogP contribution < -0.4 is 5.32 Å². The van der Waals surface area contributed by atoms with Crippen molar-refractivity contribution in [3.63, 3.8) is 0 Å². The zero-order valence-corrected chi connectivity index (χ0v) is 33.0. The standard InChI is InChI=1S/C55H41N3O/c1-55(2)46-30-38(23-27-40(46)43-31-45-42-18-10-12-20-52(42)59-53(45)32-47(43)55)37-24-28-51-44(29-37)41-17-9-11-19-50(41)58(51)39-25-21-35(22-26-39)49-33-48(34-13-5-3-6-14-34)56-54(57-49)36-15-7-4-8-16-36/h3-32,48-49H,33H2,1-2H3,(H,56,57). The topological polar surface area (TPSA) is 42.5 Å². The lowest BCUT2D eigenvalue weighted by atomic mass is 9.81. The summed E-state index contributed by atoms with van der Waals surface area (Å²) in [5.41, 5.74) is 16.6. The van der Waals surface area contributed by atoms with Crippen LogP contribution in [0.25, 0.3) is 71.7 Å². The van der Waals surface area contributed by atoms with E-state index in [4.69, 9.17) is 9.41 Å². The number of fused-ring (bicyclic) bond motifs is 9. The molecule has 3 heterocycles. The first-order valence-corrected chi connectivity index (χ1v) is 20.7. The van der Waals surface area contributed by atoms with E-state index in [0.717, 1.165) is 34.7 Å². The summed E-state index contributed by atoms with van der Waals surface area (Å²) >= 11 is 0. The first kappa shape index (κ1) is 33.9. The molecule has 1 N–H and O–H groups in total. The molecule has 59 heavy (non-hydrogen) atoms.